The third-order valence-electron chi connectivity index (χ3n) is 2.96. The van der Waals surface area contributed by atoms with Crippen molar-refractivity contribution in [1.82, 2.24) is 5.32 Å². The number of rotatable bonds is 10. The summed E-state index contributed by atoms with van der Waals surface area (Å²) in [4.78, 5) is 11.3. The minimum atomic E-state index is -4.74. The maximum absolute atomic E-state index is 12.7. The molecule has 136 valence electrons. The van der Waals surface area contributed by atoms with E-state index >= 15 is 0 Å². The molecule has 0 aliphatic rings. The molecule has 10 heteroatoms. The Balaban J connectivity index is 2.95. The number of nitrogens with one attached hydrogen (secondary N) is 3. The zero-order valence-corrected chi connectivity index (χ0v) is 14.3. The molecular formula is C14H21F2N3O4S. The minimum absolute atomic E-state index is 0.0270. The van der Waals surface area contributed by atoms with Crippen LogP contribution in [-0.2, 0) is 19.4 Å². The first-order chi connectivity index (χ1) is 11.3. The lowest BCUT2D eigenvalue weighted by Crippen LogP contribution is -2.30. The Hall–Kier alpha value is -1.78. The van der Waals surface area contributed by atoms with E-state index in [-0.39, 0.29) is 12.2 Å². The van der Waals surface area contributed by atoms with Crippen LogP contribution in [0.15, 0.2) is 23.1 Å². The molecule has 0 saturated carbocycles. The van der Waals surface area contributed by atoms with Crippen molar-refractivity contribution in [3.8, 4) is 0 Å². The van der Waals surface area contributed by atoms with Gasteiger partial charge in [-0.05, 0) is 25.1 Å². The van der Waals surface area contributed by atoms with Gasteiger partial charge in [-0.1, -0.05) is 0 Å². The van der Waals surface area contributed by atoms with Crippen molar-refractivity contribution in [2.24, 2.45) is 0 Å². The van der Waals surface area contributed by atoms with Crippen LogP contribution >= 0.6 is 0 Å². The number of methoxy groups -OCH3 is 1. The molecule has 3 N–H and O–H groups in total. The average molecular weight is 365 g/mol. The number of halogens is 2. The van der Waals surface area contributed by atoms with Gasteiger partial charge in [0.1, 0.15) is 0 Å². The van der Waals surface area contributed by atoms with Gasteiger partial charge in [-0.25, -0.2) is 8.42 Å². The number of hydrogen-bond donors (Lipinski definition) is 3. The topological polar surface area (TPSA) is 96.5 Å². The number of sulfone groups is 1. The Bertz CT molecular complexity index is 653. The molecule has 0 bridgehead atoms. The van der Waals surface area contributed by atoms with E-state index in [2.05, 4.69) is 16.0 Å². The quantitative estimate of drug-likeness (QED) is 0.541. The largest absolute Gasteiger partial charge is 0.384 e. The smallest absolute Gasteiger partial charge is 0.341 e. The lowest BCUT2D eigenvalue weighted by molar-refractivity contribution is -0.115. The van der Waals surface area contributed by atoms with Crippen LogP contribution in [0.4, 0.5) is 20.2 Å². The minimum Gasteiger partial charge on any atom is -0.384 e. The first-order valence-corrected chi connectivity index (χ1v) is 8.77. The SMILES string of the molecule is CCNc1ccc(S(=O)(=O)C(F)F)cc1NC(=O)CNCCOC. The second-order valence-corrected chi connectivity index (χ2v) is 6.68. The van der Waals surface area contributed by atoms with Crippen molar-refractivity contribution < 1.29 is 26.7 Å². The van der Waals surface area contributed by atoms with Crippen LogP contribution in [0.25, 0.3) is 0 Å². The summed E-state index contributed by atoms with van der Waals surface area (Å²) < 4.78 is 53.3. The second-order valence-electron chi connectivity index (χ2n) is 4.76. The Morgan fingerprint density at radius 3 is 2.58 bits per heavy atom. The predicted octanol–water partition coefficient (Wildman–Crippen LogP) is 1.29. The number of anilines is 2. The van der Waals surface area contributed by atoms with Crippen molar-refractivity contribution in [3.05, 3.63) is 18.2 Å². The van der Waals surface area contributed by atoms with E-state index in [1.807, 2.05) is 6.92 Å². The van der Waals surface area contributed by atoms with Gasteiger partial charge in [-0.2, -0.15) is 8.78 Å². The Morgan fingerprint density at radius 2 is 2.00 bits per heavy atom. The second kappa shape index (κ2) is 9.50. The van der Waals surface area contributed by atoms with Gasteiger partial charge in [0.05, 0.1) is 29.4 Å². The first kappa shape index (κ1) is 20.3. The summed E-state index contributed by atoms with van der Waals surface area (Å²) in [5, 5.41) is 8.26. The molecule has 0 aliphatic carbocycles. The maximum Gasteiger partial charge on any atom is 0.341 e. The van der Waals surface area contributed by atoms with E-state index < -0.39 is 26.4 Å². The van der Waals surface area contributed by atoms with Crippen LogP contribution in [0.3, 0.4) is 0 Å². The molecule has 0 unspecified atom stereocenters. The predicted molar refractivity (Wildman–Crippen MR) is 87.2 cm³/mol. The van der Waals surface area contributed by atoms with Crippen LogP contribution in [0.1, 0.15) is 6.92 Å². The molecule has 7 nitrogen and oxygen atoms in total. The normalized spacial score (nSPS) is 11.5. The molecule has 1 rings (SSSR count). The molecule has 0 fully saturated rings. The van der Waals surface area contributed by atoms with Crippen molar-refractivity contribution >= 4 is 27.1 Å². The number of benzene rings is 1. The van der Waals surface area contributed by atoms with Gasteiger partial charge in [-0.3, -0.25) is 4.79 Å². The van der Waals surface area contributed by atoms with Gasteiger partial charge in [0.2, 0.25) is 15.7 Å². The van der Waals surface area contributed by atoms with Crippen molar-refractivity contribution in [3.63, 3.8) is 0 Å². The lowest BCUT2D eigenvalue weighted by Gasteiger charge is -2.14. The van der Waals surface area contributed by atoms with Gasteiger partial charge in [0, 0.05) is 20.2 Å². The molecule has 1 aromatic carbocycles. The maximum atomic E-state index is 12.7. The zero-order chi connectivity index (χ0) is 18.2. The lowest BCUT2D eigenvalue weighted by atomic mass is 10.2. The third-order valence-corrected chi connectivity index (χ3v) is 4.34. The molecular weight excluding hydrogens is 344 g/mol. The molecule has 0 atom stereocenters. The summed E-state index contributed by atoms with van der Waals surface area (Å²) >= 11 is 0. The van der Waals surface area contributed by atoms with E-state index in [4.69, 9.17) is 4.74 Å². The van der Waals surface area contributed by atoms with Crippen LogP contribution in [0, 0.1) is 0 Å². The molecule has 0 aromatic heterocycles. The number of amides is 1. The van der Waals surface area contributed by atoms with Gasteiger partial charge >= 0.3 is 5.76 Å². The van der Waals surface area contributed by atoms with Crippen molar-refractivity contribution in [2.45, 2.75) is 17.6 Å². The molecule has 0 aliphatic heterocycles. The number of ether oxygens (including phenoxy) is 1. The van der Waals surface area contributed by atoms with E-state index in [1.165, 1.54) is 13.2 Å². The van der Waals surface area contributed by atoms with Crippen molar-refractivity contribution in [2.75, 3.05) is 44.0 Å². The number of alkyl halides is 2. The molecule has 0 saturated heterocycles. The Morgan fingerprint density at radius 1 is 1.29 bits per heavy atom. The summed E-state index contributed by atoms with van der Waals surface area (Å²) in [6.45, 7) is 3.18. The van der Waals surface area contributed by atoms with E-state index in [9.17, 15) is 22.0 Å². The average Bonchev–Trinajstić information content (AvgIpc) is 2.53. The molecule has 24 heavy (non-hydrogen) atoms. The molecule has 1 aromatic rings. The summed E-state index contributed by atoms with van der Waals surface area (Å²) in [6, 6.07) is 3.44. The fourth-order valence-electron chi connectivity index (χ4n) is 1.82. The highest BCUT2D eigenvalue weighted by molar-refractivity contribution is 7.91. The zero-order valence-electron chi connectivity index (χ0n) is 13.4. The first-order valence-electron chi connectivity index (χ1n) is 7.22. The third kappa shape index (κ3) is 5.69. The molecule has 0 spiro atoms. The number of carbonyl (C=O) groups is 1. The summed E-state index contributed by atoms with van der Waals surface area (Å²) in [7, 11) is -3.21. The summed E-state index contributed by atoms with van der Waals surface area (Å²) in [6.07, 6.45) is 0. The van der Waals surface area contributed by atoms with Gasteiger partial charge in [-0.15, -0.1) is 0 Å². The summed E-state index contributed by atoms with van der Waals surface area (Å²) in [5.41, 5.74) is 0.563. The highest BCUT2D eigenvalue weighted by Crippen LogP contribution is 2.28. The van der Waals surface area contributed by atoms with E-state index in [1.54, 1.807) is 0 Å². The highest BCUT2D eigenvalue weighted by atomic mass is 32.2. The summed E-state index contributed by atoms with van der Waals surface area (Å²) in [5.74, 6) is -3.96. The fraction of sp³-hybridized carbons (Fsp3) is 0.500. The standard InChI is InChI=1S/C14H21F2N3O4S/c1-3-18-11-5-4-10(24(21,22)14(15)16)8-12(11)19-13(20)9-17-6-7-23-2/h4-5,8,14,17-18H,3,6-7,9H2,1-2H3,(H,19,20). The van der Waals surface area contributed by atoms with Gasteiger partial charge in [0.25, 0.3) is 0 Å². The van der Waals surface area contributed by atoms with E-state index in [0.717, 1.165) is 12.1 Å². The monoisotopic (exact) mass is 365 g/mol. The van der Waals surface area contributed by atoms with Crippen LogP contribution in [0.5, 0.6) is 0 Å². The van der Waals surface area contributed by atoms with Crippen LogP contribution in [0.2, 0.25) is 0 Å². The van der Waals surface area contributed by atoms with E-state index in [0.29, 0.717) is 25.4 Å². The Labute approximate surface area is 139 Å². The number of hydrogen-bond acceptors (Lipinski definition) is 6. The van der Waals surface area contributed by atoms with Crippen molar-refractivity contribution in [1.29, 1.82) is 0 Å². The fourth-order valence-corrected chi connectivity index (χ4v) is 2.57. The highest BCUT2D eigenvalue weighted by Gasteiger charge is 2.27. The molecule has 0 radical (unpaired) electrons. The number of carbonyl (C=O) groups excluding carboxylic acids is 1. The van der Waals surface area contributed by atoms with Crippen LogP contribution in [-0.4, -0.2) is 53.4 Å². The van der Waals surface area contributed by atoms with Gasteiger partial charge in [0.15, 0.2) is 0 Å². The van der Waals surface area contributed by atoms with Crippen LogP contribution < -0.4 is 16.0 Å². The molecule has 1 amide bonds. The Kier molecular flexibility index (Phi) is 8.02. The van der Waals surface area contributed by atoms with Gasteiger partial charge < -0.3 is 20.7 Å². The molecule has 0 heterocycles.